The van der Waals surface area contributed by atoms with Crippen LogP contribution in [0.15, 0.2) is 30.3 Å². The summed E-state index contributed by atoms with van der Waals surface area (Å²) < 4.78 is 5.36. The van der Waals surface area contributed by atoms with Crippen LogP contribution in [0.3, 0.4) is 0 Å². The lowest BCUT2D eigenvalue weighted by molar-refractivity contribution is -0.384. The number of aryl methyl sites for hydroxylation is 1. The van der Waals surface area contributed by atoms with E-state index in [9.17, 15) is 10.1 Å². The van der Waals surface area contributed by atoms with Crippen molar-refractivity contribution in [3.63, 3.8) is 0 Å². The maximum atomic E-state index is 10.6. The number of rotatable bonds is 6. The number of hydrogen-bond acceptors (Lipinski definition) is 6. The van der Waals surface area contributed by atoms with Gasteiger partial charge in [0.2, 0.25) is 5.88 Å². The summed E-state index contributed by atoms with van der Waals surface area (Å²) in [5.74, 6) is 1.80. The first-order valence-corrected chi connectivity index (χ1v) is 6.54. The summed E-state index contributed by atoms with van der Waals surface area (Å²) in [6.45, 7) is 4.74. The molecule has 2 aromatic rings. The molecule has 1 heterocycles. The molecule has 0 aliphatic carbocycles. The number of hydrogen-bond donors (Lipinski definition) is 1. The van der Waals surface area contributed by atoms with Crippen molar-refractivity contribution in [3.8, 4) is 5.88 Å². The third-order valence-corrected chi connectivity index (χ3v) is 2.73. The van der Waals surface area contributed by atoms with Crippen molar-refractivity contribution in [1.29, 1.82) is 0 Å². The number of nitro groups is 1. The molecule has 0 spiro atoms. The first-order chi connectivity index (χ1) is 10.1. The molecule has 0 bridgehead atoms. The third-order valence-electron chi connectivity index (χ3n) is 2.73. The predicted molar refractivity (Wildman–Crippen MR) is 78.4 cm³/mol. The van der Waals surface area contributed by atoms with Crippen LogP contribution in [-0.2, 0) is 6.54 Å². The van der Waals surface area contributed by atoms with Gasteiger partial charge >= 0.3 is 0 Å². The topological polar surface area (TPSA) is 90.2 Å². The lowest BCUT2D eigenvalue weighted by Crippen LogP contribution is -2.05. The molecule has 0 aliphatic heterocycles. The van der Waals surface area contributed by atoms with Gasteiger partial charge in [-0.15, -0.1) is 0 Å². The molecule has 2 rings (SSSR count). The Bertz CT molecular complexity index is 629. The van der Waals surface area contributed by atoms with Crippen molar-refractivity contribution in [3.05, 3.63) is 51.8 Å². The molecule has 21 heavy (non-hydrogen) atoms. The molecule has 0 saturated heterocycles. The first kappa shape index (κ1) is 14.7. The number of anilines is 1. The average molecular weight is 288 g/mol. The van der Waals surface area contributed by atoms with Gasteiger partial charge in [0, 0.05) is 24.7 Å². The van der Waals surface area contributed by atoms with Crippen LogP contribution >= 0.6 is 0 Å². The van der Waals surface area contributed by atoms with E-state index in [0.29, 0.717) is 30.7 Å². The van der Waals surface area contributed by atoms with E-state index < -0.39 is 4.92 Å². The zero-order valence-corrected chi connectivity index (χ0v) is 11.9. The van der Waals surface area contributed by atoms with Crippen LogP contribution < -0.4 is 10.1 Å². The fourth-order valence-electron chi connectivity index (χ4n) is 1.78. The second-order valence-electron chi connectivity index (χ2n) is 4.35. The van der Waals surface area contributed by atoms with Crippen molar-refractivity contribution in [2.24, 2.45) is 0 Å². The molecule has 0 unspecified atom stereocenters. The fourth-order valence-corrected chi connectivity index (χ4v) is 1.78. The van der Waals surface area contributed by atoms with Gasteiger partial charge in [-0.3, -0.25) is 10.1 Å². The van der Waals surface area contributed by atoms with E-state index in [1.165, 1.54) is 12.1 Å². The highest BCUT2D eigenvalue weighted by Crippen LogP contribution is 2.16. The van der Waals surface area contributed by atoms with Crippen LogP contribution in [-0.4, -0.2) is 21.5 Å². The summed E-state index contributed by atoms with van der Waals surface area (Å²) in [6, 6.07) is 8.11. The summed E-state index contributed by atoms with van der Waals surface area (Å²) in [5.41, 5.74) is 1.00. The number of nitrogens with zero attached hydrogens (tertiary/aromatic N) is 3. The Morgan fingerprint density at radius 3 is 2.62 bits per heavy atom. The van der Waals surface area contributed by atoms with Crippen LogP contribution in [0.5, 0.6) is 5.88 Å². The van der Waals surface area contributed by atoms with Crippen LogP contribution in [0.25, 0.3) is 0 Å². The number of nitro benzene ring substituents is 1. The van der Waals surface area contributed by atoms with E-state index in [4.69, 9.17) is 4.74 Å². The summed E-state index contributed by atoms with van der Waals surface area (Å²) in [5, 5.41) is 13.7. The smallest absolute Gasteiger partial charge is 0.269 e. The molecule has 7 nitrogen and oxygen atoms in total. The largest absolute Gasteiger partial charge is 0.478 e. The quantitative estimate of drug-likeness (QED) is 0.649. The fraction of sp³-hybridized carbons (Fsp3) is 0.286. The van der Waals surface area contributed by atoms with Gasteiger partial charge in [0.05, 0.1) is 11.5 Å². The van der Waals surface area contributed by atoms with Crippen LogP contribution in [0.4, 0.5) is 11.5 Å². The molecule has 0 fully saturated rings. The monoisotopic (exact) mass is 288 g/mol. The SMILES string of the molecule is CCOc1cc(NCc2ccc([N+](=O)[O-])cc2)nc(C)n1. The molecule has 0 aliphatic rings. The number of benzene rings is 1. The Kier molecular flexibility index (Phi) is 4.65. The van der Waals surface area contributed by atoms with Crippen LogP contribution in [0.2, 0.25) is 0 Å². The number of ether oxygens (including phenoxy) is 1. The first-order valence-electron chi connectivity index (χ1n) is 6.54. The second kappa shape index (κ2) is 6.65. The van der Waals surface area contributed by atoms with Crippen molar-refractivity contribution in [1.82, 2.24) is 9.97 Å². The van der Waals surface area contributed by atoms with Gasteiger partial charge in [-0.25, -0.2) is 4.98 Å². The Balaban J connectivity index is 2.03. The molecule has 0 radical (unpaired) electrons. The van der Waals surface area contributed by atoms with Crippen molar-refractivity contribution >= 4 is 11.5 Å². The van der Waals surface area contributed by atoms with Gasteiger partial charge in [0.15, 0.2) is 0 Å². The van der Waals surface area contributed by atoms with Crippen molar-refractivity contribution < 1.29 is 9.66 Å². The maximum absolute atomic E-state index is 10.6. The standard InChI is InChI=1S/C14H16N4O3/c1-3-21-14-8-13(16-10(2)17-14)15-9-11-4-6-12(7-5-11)18(19)20/h4-8H,3,9H2,1-2H3,(H,15,16,17). The van der Waals surface area contributed by atoms with Crippen LogP contribution in [0, 0.1) is 17.0 Å². The van der Waals surface area contributed by atoms with Gasteiger partial charge in [-0.2, -0.15) is 4.98 Å². The Morgan fingerprint density at radius 1 is 1.29 bits per heavy atom. The van der Waals surface area contributed by atoms with E-state index in [0.717, 1.165) is 5.56 Å². The van der Waals surface area contributed by atoms with Gasteiger partial charge in [0.25, 0.3) is 5.69 Å². The Labute approximate surface area is 122 Å². The summed E-state index contributed by atoms with van der Waals surface area (Å²) >= 11 is 0. The molecule has 7 heteroatoms. The molecule has 0 atom stereocenters. The van der Waals surface area contributed by atoms with E-state index in [1.54, 1.807) is 25.1 Å². The molecule has 1 aromatic carbocycles. The van der Waals surface area contributed by atoms with E-state index >= 15 is 0 Å². The molecule has 0 amide bonds. The molecular weight excluding hydrogens is 272 g/mol. The summed E-state index contributed by atoms with van der Waals surface area (Å²) in [6.07, 6.45) is 0. The van der Waals surface area contributed by atoms with Crippen molar-refractivity contribution in [2.45, 2.75) is 20.4 Å². The highest BCUT2D eigenvalue weighted by molar-refractivity contribution is 5.40. The lowest BCUT2D eigenvalue weighted by atomic mass is 10.2. The van der Waals surface area contributed by atoms with E-state index in [-0.39, 0.29) is 5.69 Å². The maximum Gasteiger partial charge on any atom is 0.269 e. The normalized spacial score (nSPS) is 10.2. The zero-order chi connectivity index (χ0) is 15.2. The zero-order valence-electron chi connectivity index (χ0n) is 11.9. The van der Waals surface area contributed by atoms with E-state index in [1.807, 2.05) is 6.92 Å². The number of nitrogens with one attached hydrogen (secondary N) is 1. The third kappa shape index (κ3) is 4.13. The number of aromatic nitrogens is 2. The highest BCUT2D eigenvalue weighted by atomic mass is 16.6. The minimum absolute atomic E-state index is 0.0789. The average Bonchev–Trinajstić information content (AvgIpc) is 2.45. The minimum Gasteiger partial charge on any atom is -0.478 e. The lowest BCUT2D eigenvalue weighted by Gasteiger charge is -2.08. The predicted octanol–water partition coefficient (Wildman–Crippen LogP) is 2.70. The summed E-state index contributed by atoms with van der Waals surface area (Å²) in [4.78, 5) is 18.6. The van der Waals surface area contributed by atoms with E-state index in [2.05, 4.69) is 15.3 Å². The van der Waals surface area contributed by atoms with Gasteiger partial charge in [0.1, 0.15) is 11.6 Å². The van der Waals surface area contributed by atoms with Gasteiger partial charge in [-0.1, -0.05) is 12.1 Å². The van der Waals surface area contributed by atoms with Gasteiger partial charge in [-0.05, 0) is 19.4 Å². The second-order valence-corrected chi connectivity index (χ2v) is 4.35. The highest BCUT2D eigenvalue weighted by Gasteiger charge is 2.05. The molecule has 110 valence electrons. The Hall–Kier alpha value is -2.70. The molecule has 0 saturated carbocycles. The summed E-state index contributed by atoms with van der Waals surface area (Å²) in [7, 11) is 0. The molecular formula is C14H16N4O3. The van der Waals surface area contributed by atoms with Crippen molar-refractivity contribution in [2.75, 3.05) is 11.9 Å². The molecule has 1 N–H and O–H groups in total. The van der Waals surface area contributed by atoms with Crippen LogP contribution in [0.1, 0.15) is 18.3 Å². The minimum atomic E-state index is -0.417. The molecule has 1 aromatic heterocycles. The van der Waals surface area contributed by atoms with Gasteiger partial charge < -0.3 is 10.1 Å². The Morgan fingerprint density at radius 2 is 2.00 bits per heavy atom. The number of non-ortho nitro benzene ring substituents is 1.